The zero-order valence-corrected chi connectivity index (χ0v) is 17.5. The molecule has 0 atom stereocenters. The number of carbonyl (C=O) groups is 1. The predicted molar refractivity (Wildman–Crippen MR) is 123 cm³/mol. The second-order valence-electron chi connectivity index (χ2n) is 6.47. The number of aliphatic imine (C=N–C) groups is 1. The first-order chi connectivity index (χ1) is 14.0. The van der Waals surface area contributed by atoms with Crippen molar-refractivity contribution in [3.05, 3.63) is 113 Å². The van der Waals surface area contributed by atoms with E-state index in [4.69, 9.17) is 11.6 Å². The van der Waals surface area contributed by atoms with Crippen molar-refractivity contribution in [3.8, 4) is 0 Å². The molecule has 3 rings (SSSR count). The third-order valence-electron chi connectivity index (χ3n) is 3.98. The number of hydrogen-bond acceptors (Lipinski definition) is 2. The summed E-state index contributed by atoms with van der Waals surface area (Å²) in [5.41, 5.74) is 3.98. The molecule has 0 saturated heterocycles. The molecule has 0 aliphatic carbocycles. The van der Waals surface area contributed by atoms with Gasteiger partial charge in [-0.05, 0) is 30.2 Å². The molecule has 3 aromatic rings. The van der Waals surface area contributed by atoms with Gasteiger partial charge in [-0.3, -0.25) is 9.79 Å². The summed E-state index contributed by atoms with van der Waals surface area (Å²) in [6.07, 6.45) is 0. The molecule has 4 heteroatoms. The van der Waals surface area contributed by atoms with Gasteiger partial charge in [0.2, 0.25) is 5.91 Å². The van der Waals surface area contributed by atoms with Gasteiger partial charge in [0.1, 0.15) is 5.84 Å². The number of rotatable bonds is 4. The number of nitrogens with one attached hydrogen (secondary N) is 1. The van der Waals surface area contributed by atoms with Crippen LogP contribution in [0.15, 0.2) is 96.5 Å². The van der Waals surface area contributed by atoms with Gasteiger partial charge in [0.05, 0.1) is 6.54 Å². The van der Waals surface area contributed by atoms with Crippen molar-refractivity contribution in [1.29, 1.82) is 0 Å². The molecule has 3 aromatic carbocycles. The number of benzene rings is 3. The summed E-state index contributed by atoms with van der Waals surface area (Å²) >= 11 is 5.61. The fourth-order valence-corrected chi connectivity index (χ4v) is 2.57. The molecule has 0 fully saturated rings. The van der Waals surface area contributed by atoms with E-state index in [1.54, 1.807) is 0 Å². The van der Waals surface area contributed by atoms with Gasteiger partial charge in [-0.15, -0.1) is 0 Å². The molecule has 3 nitrogen and oxygen atoms in total. The van der Waals surface area contributed by atoms with Crippen LogP contribution in [0.25, 0.3) is 5.57 Å². The highest BCUT2D eigenvalue weighted by Gasteiger charge is 2.08. The fraction of sp³-hybridized carbons (Fsp3) is 0.120. The molecule has 0 aliphatic heterocycles. The molecular formula is C25H25ClN2O. The zero-order valence-electron chi connectivity index (χ0n) is 16.7. The molecule has 0 saturated carbocycles. The van der Waals surface area contributed by atoms with Gasteiger partial charge in [-0.25, -0.2) is 0 Å². The SMILES string of the molecule is C=C(C(=NCc1ccccc1)NC(C)=O)c1ccccc1.Cc1ccc(Cl)cc1. The summed E-state index contributed by atoms with van der Waals surface area (Å²) in [6.45, 7) is 8.05. The van der Waals surface area contributed by atoms with E-state index in [1.165, 1.54) is 12.5 Å². The Morgan fingerprint density at radius 2 is 1.48 bits per heavy atom. The highest BCUT2D eigenvalue weighted by atomic mass is 35.5. The molecule has 0 radical (unpaired) electrons. The van der Waals surface area contributed by atoms with Crippen LogP contribution in [0.2, 0.25) is 5.02 Å². The number of halogens is 1. The van der Waals surface area contributed by atoms with Gasteiger partial charge < -0.3 is 5.32 Å². The maximum Gasteiger partial charge on any atom is 0.222 e. The van der Waals surface area contributed by atoms with Crippen LogP contribution >= 0.6 is 11.6 Å². The van der Waals surface area contributed by atoms with Crippen LogP contribution < -0.4 is 5.32 Å². The number of amides is 1. The van der Waals surface area contributed by atoms with E-state index in [1.807, 2.05) is 91.9 Å². The van der Waals surface area contributed by atoms with E-state index in [2.05, 4.69) is 16.9 Å². The number of hydrogen-bond donors (Lipinski definition) is 1. The Morgan fingerprint density at radius 1 is 0.931 bits per heavy atom. The summed E-state index contributed by atoms with van der Waals surface area (Å²) in [6, 6.07) is 27.3. The normalized spacial score (nSPS) is 10.5. The molecule has 148 valence electrons. The van der Waals surface area contributed by atoms with Crippen molar-refractivity contribution in [1.82, 2.24) is 5.32 Å². The lowest BCUT2D eigenvalue weighted by Gasteiger charge is -2.11. The van der Waals surface area contributed by atoms with E-state index in [-0.39, 0.29) is 5.91 Å². The van der Waals surface area contributed by atoms with Crippen LogP contribution in [0.3, 0.4) is 0 Å². The van der Waals surface area contributed by atoms with Crippen molar-refractivity contribution in [2.75, 3.05) is 0 Å². The number of amidine groups is 1. The number of carbonyl (C=O) groups excluding carboxylic acids is 1. The zero-order chi connectivity index (χ0) is 21.1. The van der Waals surface area contributed by atoms with Crippen molar-refractivity contribution < 1.29 is 4.79 Å². The molecule has 1 N–H and O–H groups in total. The maximum absolute atomic E-state index is 11.4. The number of aryl methyl sites for hydroxylation is 1. The number of nitrogens with zero attached hydrogens (tertiary/aromatic N) is 1. The first-order valence-corrected chi connectivity index (χ1v) is 9.66. The van der Waals surface area contributed by atoms with Crippen LogP contribution in [-0.2, 0) is 11.3 Å². The van der Waals surface area contributed by atoms with Crippen LogP contribution in [0.1, 0.15) is 23.6 Å². The van der Waals surface area contributed by atoms with Crippen LogP contribution in [0.5, 0.6) is 0 Å². The maximum atomic E-state index is 11.4. The Labute approximate surface area is 177 Å². The molecule has 0 bridgehead atoms. The minimum Gasteiger partial charge on any atom is -0.311 e. The van der Waals surface area contributed by atoms with E-state index in [0.717, 1.165) is 16.1 Å². The Bertz CT molecular complexity index is 928. The van der Waals surface area contributed by atoms with Crippen LogP contribution in [0.4, 0.5) is 0 Å². The Hall–Kier alpha value is -3.17. The third-order valence-corrected chi connectivity index (χ3v) is 4.23. The first-order valence-electron chi connectivity index (χ1n) is 9.28. The summed E-state index contributed by atoms with van der Waals surface area (Å²) in [5, 5.41) is 3.56. The van der Waals surface area contributed by atoms with Crippen molar-refractivity contribution in [2.45, 2.75) is 20.4 Å². The van der Waals surface area contributed by atoms with Gasteiger partial charge in [0.25, 0.3) is 0 Å². The second kappa shape index (κ2) is 11.6. The molecule has 0 heterocycles. The van der Waals surface area contributed by atoms with Crippen LogP contribution in [0, 0.1) is 6.92 Å². The molecule has 0 aromatic heterocycles. The predicted octanol–water partition coefficient (Wildman–Crippen LogP) is 6.08. The monoisotopic (exact) mass is 404 g/mol. The fourth-order valence-electron chi connectivity index (χ4n) is 2.44. The summed E-state index contributed by atoms with van der Waals surface area (Å²) in [7, 11) is 0. The van der Waals surface area contributed by atoms with Gasteiger partial charge in [-0.2, -0.15) is 0 Å². The van der Waals surface area contributed by atoms with E-state index < -0.39 is 0 Å². The summed E-state index contributed by atoms with van der Waals surface area (Å²) in [5.74, 6) is 0.358. The average Bonchev–Trinajstić information content (AvgIpc) is 2.74. The Morgan fingerprint density at radius 3 is 2.00 bits per heavy atom. The van der Waals surface area contributed by atoms with Crippen molar-refractivity contribution in [2.24, 2.45) is 4.99 Å². The lowest BCUT2D eigenvalue weighted by Crippen LogP contribution is -2.29. The second-order valence-corrected chi connectivity index (χ2v) is 6.91. The van der Waals surface area contributed by atoms with Gasteiger partial charge >= 0.3 is 0 Å². The largest absolute Gasteiger partial charge is 0.311 e. The van der Waals surface area contributed by atoms with Crippen molar-refractivity contribution in [3.63, 3.8) is 0 Å². The summed E-state index contributed by atoms with van der Waals surface area (Å²) < 4.78 is 0. The molecule has 0 unspecified atom stereocenters. The molecule has 1 amide bonds. The Kier molecular flexibility index (Phi) is 8.87. The Balaban J connectivity index is 0.000000313. The van der Waals surface area contributed by atoms with E-state index >= 15 is 0 Å². The van der Waals surface area contributed by atoms with Crippen LogP contribution in [-0.4, -0.2) is 11.7 Å². The molecular weight excluding hydrogens is 380 g/mol. The lowest BCUT2D eigenvalue weighted by atomic mass is 10.1. The molecule has 0 aliphatic rings. The van der Waals surface area contributed by atoms with E-state index in [0.29, 0.717) is 18.0 Å². The minimum atomic E-state index is -0.154. The highest BCUT2D eigenvalue weighted by molar-refractivity contribution is 6.30. The van der Waals surface area contributed by atoms with Gasteiger partial charge in [-0.1, -0.05) is 96.5 Å². The lowest BCUT2D eigenvalue weighted by molar-refractivity contribution is -0.117. The van der Waals surface area contributed by atoms with Gasteiger partial charge in [0.15, 0.2) is 0 Å². The van der Waals surface area contributed by atoms with Gasteiger partial charge in [0, 0.05) is 17.5 Å². The minimum absolute atomic E-state index is 0.154. The topological polar surface area (TPSA) is 41.5 Å². The smallest absolute Gasteiger partial charge is 0.222 e. The average molecular weight is 405 g/mol. The quantitative estimate of drug-likeness (QED) is 0.415. The third kappa shape index (κ3) is 8.16. The van der Waals surface area contributed by atoms with E-state index in [9.17, 15) is 4.79 Å². The molecule has 29 heavy (non-hydrogen) atoms. The highest BCUT2D eigenvalue weighted by Crippen LogP contribution is 2.13. The summed E-state index contributed by atoms with van der Waals surface area (Å²) in [4.78, 5) is 15.9. The first kappa shape index (κ1) is 22.1. The van der Waals surface area contributed by atoms with Crippen molar-refractivity contribution >= 4 is 28.9 Å². The molecule has 0 spiro atoms. The standard InChI is InChI=1S/C18H18N2O.C7H7Cl/c1-14(17-11-7-4-8-12-17)18(20-15(2)21)19-13-16-9-5-3-6-10-16;1-6-2-4-7(8)5-3-6/h3-12H,1,13H2,2H3,(H,19,20,21);2-5H,1H3.